The van der Waals surface area contributed by atoms with Gasteiger partial charge in [-0.05, 0) is 48.4 Å². The van der Waals surface area contributed by atoms with E-state index in [1.165, 1.54) is 17.0 Å². The van der Waals surface area contributed by atoms with Gasteiger partial charge in [-0.3, -0.25) is 9.59 Å². The van der Waals surface area contributed by atoms with Crippen molar-refractivity contribution in [3.8, 4) is 5.75 Å². The van der Waals surface area contributed by atoms with Crippen LogP contribution in [0.25, 0.3) is 0 Å². The molecule has 6 heteroatoms. The molecule has 1 fully saturated rings. The van der Waals surface area contributed by atoms with Gasteiger partial charge in [0.05, 0.1) is 13.0 Å². The fourth-order valence-corrected chi connectivity index (χ4v) is 3.06. The molecule has 1 aliphatic rings. The van der Waals surface area contributed by atoms with Gasteiger partial charge in [0.1, 0.15) is 11.6 Å². The first-order valence-electron chi connectivity index (χ1n) is 8.53. The summed E-state index contributed by atoms with van der Waals surface area (Å²) in [6.07, 6.45) is 0.855. The van der Waals surface area contributed by atoms with Gasteiger partial charge in [-0.25, -0.2) is 4.39 Å². The molecule has 0 aromatic heterocycles. The molecular formula is C20H21FN2O3. The summed E-state index contributed by atoms with van der Waals surface area (Å²) in [6.45, 7) is 0.808. The smallest absolute Gasteiger partial charge is 0.227 e. The average molecular weight is 356 g/mol. The molecule has 3 rings (SSSR count). The monoisotopic (exact) mass is 356 g/mol. The Morgan fingerprint density at radius 2 is 2.04 bits per heavy atom. The van der Waals surface area contributed by atoms with Crippen molar-refractivity contribution in [2.45, 2.75) is 12.8 Å². The molecule has 26 heavy (non-hydrogen) atoms. The summed E-state index contributed by atoms with van der Waals surface area (Å²) in [5.74, 6) is -0.217. The van der Waals surface area contributed by atoms with Gasteiger partial charge in [-0.2, -0.15) is 0 Å². The molecule has 0 bridgehead atoms. The average Bonchev–Trinajstić information content (AvgIpc) is 3.04. The lowest BCUT2D eigenvalue weighted by Crippen LogP contribution is -2.34. The molecule has 0 saturated carbocycles. The molecule has 1 unspecified atom stereocenters. The largest absolute Gasteiger partial charge is 0.497 e. The van der Waals surface area contributed by atoms with Gasteiger partial charge < -0.3 is 15.0 Å². The predicted octanol–water partition coefficient (Wildman–Crippen LogP) is 2.55. The Bertz CT molecular complexity index is 792. The molecule has 1 N–H and O–H groups in total. The Hall–Kier alpha value is -2.89. The Kier molecular flexibility index (Phi) is 5.51. The maximum Gasteiger partial charge on any atom is 0.227 e. The van der Waals surface area contributed by atoms with E-state index in [9.17, 15) is 14.0 Å². The third-order valence-corrected chi connectivity index (χ3v) is 4.48. The number of rotatable bonds is 6. The van der Waals surface area contributed by atoms with Gasteiger partial charge in [-0.1, -0.05) is 12.1 Å². The fraction of sp³-hybridized carbons (Fsp3) is 0.300. The van der Waals surface area contributed by atoms with Gasteiger partial charge in [0.2, 0.25) is 11.8 Å². The maximum absolute atomic E-state index is 13.0. The first-order valence-corrected chi connectivity index (χ1v) is 8.53. The second-order valence-electron chi connectivity index (χ2n) is 6.27. The van der Waals surface area contributed by atoms with E-state index in [0.29, 0.717) is 25.2 Å². The van der Waals surface area contributed by atoms with E-state index in [-0.39, 0.29) is 24.1 Å². The van der Waals surface area contributed by atoms with Crippen LogP contribution in [0.4, 0.5) is 10.1 Å². The third kappa shape index (κ3) is 4.20. The summed E-state index contributed by atoms with van der Waals surface area (Å²) in [7, 11) is 1.62. The summed E-state index contributed by atoms with van der Waals surface area (Å²) >= 11 is 0. The molecular weight excluding hydrogens is 335 g/mol. The highest BCUT2D eigenvalue weighted by atomic mass is 19.1. The van der Waals surface area contributed by atoms with Crippen molar-refractivity contribution in [2.24, 2.45) is 5.92 Å². The normalized spacial score (nSPS) is 16.6. The Morgan fingerprint density at radius 3 is 2.77 bits per heavy atom. The first-order chi connectivity index (χ1) is 12.6. The van der Waals surface area contributed by atoms with E-state index in [2.05, 4.69) is 5.32 Å². The zero-order valence-electron chi connectivity index (χ0n) is 14.6. The molecule has 2 aromatic carbocycles. The van der Waals surface area contributed by atoms with E-state index in [1.807, 2.05) is 24.3 Å². The summed E-state index contributed by atoms with van der Waals surface area (Å²) in [5, 5.41) is 2.89. The molecule has 5 nitrogen and oxygen atoms in total. The molecule has 0 aliphatic carbocycles. The zero-order chi connectivity index (χ0) is 18.5. The number of halogens is 1. The Balaban J connectivity index is 1.52. The van der Waals surface area contributed by atoms with Crippen molar-refractivity contribution in [1.82, 2.24) is 5.32 Å². The number of nitrogens with one attached hydrogen (secondary N) is 1. The second-order valence-corrected chi connectivity index (χ2v) is 6.27. The summed E-state index contributed by atoms with van der Waals surface area (Å²) in [6, 6.07) is 13.4. The van der Waals surface area contributed by atoms with Gasteiger partial charge >= 0.3 is 0 Å². The van der Waals surface area contributed by atoms with Crippen molar-refractivity contribution in [3.63, 3.8) is 0 Å². The van der Waals surface area contributed by atoms with Crippen LogP contribution in [0.2, 0.25) is 0 Å². The molecule has 1 atom stereocenters. The van der Waals surface area contributed by atoms with E-state index >= 15 is 0 Å². The highest BCUT2D eigenvalue weighted by Crippen LogP contribution is 2.25. The number of ether oxygens (including phenoxy) is 1. The van der Waals surface area contributed by atoms with Crippen LogP contribution in [-0.2, 0) is 16.0 Å². The van der Waals surface area contributed by atoms with Crippen LogP contribution in [0.15, 0.2) is 48.5 Å². The number of hydrogen-bond acceptors (Lipinski definition) is 3. The summed E-state index contributed by atoms with van der Waals surface area (Å²) < 4.78 is 18.2. The van der Waals surface area contributed by atoms with Gasteiger partial charge in [0.25, 0.3) is 0 Å². The third-order valence-electron chi connectivity index (χ3n) is 4.48. The maximum atomic E-state index is 13.0. The zero-order valence-corrected chi connectivity index (χ0v) is 14.6. The molecule has 1 saturated heterocycles. The van der Waals surface area contributed by atoms with Gasteiger partial charge in [0.15, 0.2) is 0 Å². The van der Waals surface area contributed by atoms with Crippen molar-refractivity contribution in [3.05, 3.63) is 59.9 Å². The molecule has 1 heterocycles. The fourth-order valence-electron chi connectivity index (χ4n) is 3.06. The number of anilines is 1. The quantitative estimate of drug-likeness (QED) is 0.865. The van der Waals surface area contributed by atoms with Crippen molar-refractivity contribution < 1.29 is 18.7 Å². The Morgan fingerprint density at radius 1 is 1.27 bits per heavy atom. The summed E-state index contributed by atoms with van der Waals surface area (Å²) in [4.78, 5) is 26.1. The molecule has 0 radical (unpaired) electrons. The lowest BCUT2D eigenvalue weighted by Gasteiger charge is -2.16. The summed E-state index contributed by atoms with van der Waals surface area (Å²) in [5.41, 5.74) is 1.68. The number of benzene rings is 2. The van der Waals surface area contributed by atoms with E-state index in [4.69, 9.17) is 4.74 Å². The molecule has 2 amide bonds. The number of nitrogens with zero attached hydrogens (tertiary/aromatic N) is 1. The minimum Gasteiger partial charge on any atom is -0.497 e. The van der Waals surface area contributed by atoms with Crippen LogP contribution in [0.5, 0.6) is 5.75 Å². The van der Waals surface area contributed by atoms with Gasteiger partial charge in [-0.15, -0.1) is 0 Å². The predicted molar refractivity (Wildman–Crippen MR) is 96.6 cm³/mol. The highest BCUT2D eigenvalue weighted by molar-refractivity contribution is 6.00. The van der Waals surface area contributed by atoms with E-state index in [0.717, 1.165) is 11.3 Å². The van der Waals surface area contributed by atoms with Crippen LogP contribution in [0, 0.1) is 11.7 Å². The van der Waals surface area contributed by atoms with Crippen LogP contribution in [0.3, 0.4) is 0 Å². The van der Waals surface area contributed by atoms with Crippen LogP contribution in [0.1, 0.15) is 12.0 Å². The number of carbonyl (C=O) groups excluding carboxylic acids is 2. The van der Waals surface area contributed by atoms with Crippen LogP contribution < -0.4 is 15.0 Å². The lowest BCUT2D eigenvalue weighted by molar-refractivity contribution is -0.126. The van der Waals surface area contributed by atoms with Crippen LogP contribution in [-0.4, -0.2) is 32.0 Å². The van der Waals surface area contributed by atoms with E-state index < -0.39 is 5.92 Å². The molecule has 1 aliphatic heterocycles. The SMILES string of the molecule is COc1cccc(CCNC(=O)C2CC(=O)N(c3ccc(F)cc3)C2)c1. The molecule has 2 aromatic rings. The number of amides is 2. The first kappa shape index (κ1) is 17.9. The molecule has 0 spiro atoms. The number of carbonyl (C=O) groups is 2. The van der Waals surface area contributed by atoms with Crippen LogP contribution >= 0.6 is 0 Å². The van der Waals surface area contributed by atoms with Gasteiger partial charge in [0, 0.05) is 25.2 Å². The second kappa shape index (κ2) is 7.99. The molecule has 136 valence electrons. The highest BCUT2D eigenvalue weighted by Gasteiger charge is 2.34. The van der Waals surface area contributed by atoms with Crippen molar-refractivity contribution in [1.29, 1.82) is 0 Å². The number of methoxy groups -OCH3 is 1. The van der Waals surface area contributed by atoms with Crippen molar-refractivity contribution in [2.75, 3.05) is 25.1 Å². The number of hydrogen-bond donors (Lipinski definition) is 1. The topological polar surface area (TPSA) is 58.6 Å². The lowest BCUT2D eigenvalue weighted by atomic mass is 10.1. The standard InChI is InChI=1S/C20H21FN2O3/c1-26-18-4-2-3-14(11-18)9-10-22-20(25)15-12-19(24)23(13-15)17-7-5-16(21)6-8-17/h2-8,11,15H,9-10,12-13H2,1H3,(H,22,25). The Labute approximate surface area is 151 Å². The minimum absolute atomic E-state index is 0.121. The van der Waals surface area contributed by atoms with E-state index in [1.54, 1.807) is 19.2 Å². The minimum atomic E-state index is -0.391. The van der Waals surface area contributed by atoms with Crippen molar-refractivity contribution >= 4 is 17.5 Å².